The van der Waals surface area contributed by atoms with Crippen LogP contribution in [0.4, 0.5) is 9.52 Å². The molecule has 118 valence electrons. The van der Waals surface area contributed by atoms with Gasteiger partial charge in [-0.3, -0.25) is 4.90 Å². The molecule has 0 saturated carbocycles. The van der Waals surface area contributed by atoms with Gasteiger partial charge < -0.3 is 10.5 Å². The Hall–Kier alpha value is -0.920. The zero-order valence-corrected chi connectivity index (χ0v) is 13.9. The van der Waals surface area contributed by atoms with Crippen LogP contribution in [0.25, 0.3) is 0 Å². The van der Waals surface area contributed by atoms with Crippen molar-refractivity contribution in [3.05, 3.63) is 44.6 Å². The number of aromatic nitrogens is 1. The molecule has 0 aliphatic carbocycles. The highest BCUT2D eigenvalue weighted by Gasteiger charge is 2.25. The van der Waals surface area contributed by atoms with Crippen molar-refractivity contribution in [3.8, 4) is 0 Å². The minimum Gasteiger partial charge on any atom is -0.375 e. The van der Waals surface area contributed by atoms with Crippen molar-refractivity contribution in [3.63, 3.8) is 0 Å². The van der Waals surface area contributed by atoms with Crippen LogP contribution in [-0.2, 0) is 11.3 Å². The number of morpholine rings is 1. The maximum Gasteiger partial charge on any atom is 0.180 e. The van der Waals surface area contributed by atoms with Crippen LogP contribution in [-0.4, -0.2) is 29.6 Å². The van der Waals surface area contributed by atoms with E-state index in [0.29, 0.717) is 28.9 Å². The summed E-state index contributed by atoms with van der Waals surface area (Å²) in [5.41, 5.74) is 6.27. The largest absolute Gasteiger partial charge is 0.375 e. The Labute approximate surface area is 141 Å². The van der Waals surface area contributed by atoms with Gasteiger partial charge in [0.25, 0.3) is 0 Å². The Kier molecular flexibility index (Phi) is 4.84. The summed E-state index contributed by atoms with van der Waals surface area (Å²) >= 11 is 13.4. The molecule has 1 aromatic carbocycles. The Morgan fingerprint density at radius 3 is 2.95 bits per heavy atom. The molecule has 0 radical (unpaired) electrons. The summed E-state index contributed by atoms with van der Waals surface area (Å²) in [5.74, 6) is -0.489. The molecule has 2 aromatic rings. The molecule has 1 aliphatic heterocycles. The van der Waals surface area contributed by atoms with Crippen molar-refractivity contribution >= 4 is 39.7 Å². The van der Waals surface area contributed by atoms with Gasteiger partial charge in [0, 0.05) is 41.3 Å². The molecule has 8 heteroatoms. The van der Waals surface area contributed by atoms with E-state index in [1.165, 1.54) is 23.5 Å². The van der Waals surface area contributed by atoms with Crippen LogP contribution in [0.1, 0.15) is 16.5 Å². The molecule has 1 fully saturated rings. The lowest BCUT2D eigenvalue weighted by Crippen LogP contribution is -2.37. The van der Waals surface area contributed by atoms with E-state index in [-0.39, 0.29) is 11.1 Å². The molecular formula is C14H14Cl2FN3OS. The number of rotatable bonds is 3. The summed E-state index contributed by atoms with van der Waals surface area (Å²) in [7, 11) is 0. The van der Waals surface area contributed by atoms with Gasteiger partial charge in [-0.15, -0.1) is 11.3 Å². The third-order valence-electron chi connectivity index (χ3n) is 3.49. The minimum atomic E-state index is -0.489. The molecule has 1 atom stereocenters. The Morgan fingerprint density at radius 1 is 1.41 bits per heavy atom. The van der Waals surface area contributed by atoms with E-state index in [2.05, 4.69) is 9.88 Å². The van der Waals surface area contributed by atoms with Crippen LogP contribution >= 0.6 is 34.5 Å². The molecule has 2 heterocycles. The van der Waals surface area contributed by atoms with Crippen molar-refractivity contribution in [2.24, 2.45) is 0 Å². The Morgan fingerprint density at radius 2 is 2.23 bits per heavy atom. The molecule has 1 aromatic heterocycles. The predicted octanol–water partition coefficient (Wildman–Crippen LogP) is 3.74. The molecule has 0 spiro atoms. The summed E-state index contributed by atoms with van der Waals surface area (Å²) < 4.78 is 19.4. The fraction of sp³-hybridized carbons (Fsp3) is 0.357. The van der Waals surface area contributed by atoms with Crippen molar-refractivity contribution in [1.29, 1.82) is 0 Å². The van der Waals surface area contributed by atoms with E-state index < -0.39 is 5.82 Å². The zero-order valence-electron chi connectivity index (χ0n) is 11.6. The van der Waals surface area contributed by atoms with E-state index in [4.69, 9.17) is 33.7 Å². The predicted molar refractivity (Wildman–Crippen MR) is 86.9 cm³/mol. The van der Waals surface area contributed by atoms with Gasteiger partial charge in [-0.05, 0) is 12.1 Å². The number of thiazole rings is 1. The Balaban J connectivity index is 1.74. The van der Waals surface area contributed by atoms with Gasteiger partial charge in [-0.2, -0.15) is 0 Å². The molecule has 22 heavy (non-hydrogen) atoms. The first-order valence-corrected chi connectivity index (χ1v) is 8.29. The molecule has 2 N–H and O–H groups in total. The standard InChI is InChI=1S/C14H14Cl2FN3OS/c15-10-4-11(16)12(17)3-9(10)13-7-20(1-2-21-13)6-8-5-19-14(18)22-8/h3-5,13H,1-2,6-7H2,(H2,18,19). The topological polar surface area (TPSA) is 51.4 Å². The van der Waals surface area contributed by atoms with Crippen molar-refractivity contribution < 1.29 is 9.13 Å². The maximum atomic E-state index is 13.7. The summed E-state index contributed by atoms with van der Waals surface area (Å²) in [6.07, 6.45) is 1.50. The van der Waals surface area contributed by atoms with Crippen molar-refractivity contribution in [2.45, 2.75) is 12.6 Å². The van der Waals surface area contributed by atoms with Crippen LogP contribution in [0, 0.1) is 5.82 Å². The number of benzene rings is 1. The molecule has 0 bridgehead atoms. The van der Waals surface area contributed by atoms with E-state index in [1.54, 1.807) is 6.20 Å². The second-order valence-electron chi connectivity index (χ2n) is 5.05. The van der Waals surface area contributed by atoms with Crippen molar-refractivity contribution in [2.75, 3.05) is 25.4 Å². The molecular weight excluding hydrogens is 348 g/mol. The first-order valence-electron chi connectivity index (χ1n) is 6.71. The van der Waals surface area contributed by atoms with E-state index in [9.17, 15) is 4.39 Å². The second-order valence-corrected chi connectivity index (χ2v) is 7.01. The number of halogens is 3. The highest BCUT2D eigenvalue weighted by Crippen LogP contribution is 2.33. The maximum absolute atomic E-state index is 13.7. The number of nitrogens with zero attached hydrogens (tertiary/aromatic N) is 2. The SMILES string of the molecule is Nc1ncc(CN2CCOC(c3cc(F)c(Cl)cc3Cl)C2)s1. The summed E-state index contributed by atoms with van der Waals surface area (Å²) in [6, 6.07) is 2.77. The monoisotopic (exact) mass is 361 g/mol. The lowest BCUT2D eigenvalue weighted by Gasteiger charge is -2.33. The van der Waals surface area contributed by atoms with Crippen LogP contribution in [0.3, 0.4) is 0 Å². The fourth-order valence-electron chi connectivity index (χ4n) is 2.44. The van der Waals surface area contributed by atoms with E-state index >= 15 is 0 Å². The lowest BCUT2D eigenvalue weighted by atomic mass is 10.1. The normalized spacial score (nSPS) is 19.5. The summed E-state index contributed by atoms with van der Waals surface area (Å²) in [5, 5.41) is 0.990. The first-order chi connectivity index (χ1) is 10.5. The third kappa shape index (κ3) is 3.52. The molecule has 0 amide bonds. The van der Waals surface area contributed by atoms with Gasteiger partial charge in [0.2, 0.25) is 0 Å². The highest BCUT2D eigenvalue weighted by molar-refractivity contribution is 7.15. The number of nitrogen functional groups attached to an aromatic ring is 1. The highest BCUT2D eigenvalue weighted by atomic mass is 35.5. The Bertz CT molecular complexity index is 682. The zero-order chi connectivity index (χ0) is 15.7. The van der Waals surface area contributed by atoms with E-state index in [0.717, 1.165) is 18.0 Å². The quantitative estimate of drug-likeness (QED) is 0.845. The third-order valence-corrected chi connectivity index (χ3v) is 4.92. The number of nitrogens with two attached hydrogens (primary N) is 1. The first kappa shape index (κ1) is 16.0. The van der Waals surface area contributed by atoms with Gasteiger partial charge in [0.15, 0.2) is 5.13 Å². The van der Waals surface area contributed by atoms with Crippen LogP contribution in [0.2, 0.25) is 10.0 Å². The average molecular weight is 362 g/mol. The number of hydrogen-bond donors (Lipinski definition) is 1. The van der Waals surface area contributed by atoms with Gasteiger partial charge in [0.1, 0.15) is 5.82 Å². The second kappa shape index (κ2) is 6.68. The minimum absolute atomic E-state index is 0.0153. The van der Waals surface area contributed by atoms with E-state index in [1.807, 2.05) is 0 Å². The molecule has 1 saturated heterocycles. The summed E-state index contributed by atoms with van der Waals surface area (Å²) in [6.45, 7) is 2.71. The van der Waals surface area contributed by atoms with Gasteiger partial charge >= 0.3 is 0 Å². The number of ether oxygens (including phenoxy) is 1. The van der Waals surface area contributed by atoms with Gasteiger partial charge in [-0.25, -0.2) is 9.37 Å². The lowest BCUT2D eigenvalue weighted by molar-refractivity contribution is -0.0327. The van der Waals surface area contributed by atoms with Crippen LogP contribution in [0.5, 0.6) is 0 Å². The number of hydrogen-bond acceptors (Lipinski definition) is 5. The number of anilines is 1. The van der Waals surface area contributed by atoms with Gasteiger partial charge in [0.05, 0.1) is 17.7 Å². The molecule has 4 nitrogen and oxygen atoms in total. The fourth-order valence-corrected chi connectivity index (χ4v) is 3.67. The molecule has 3 rings (SSSR count). The van der Waals surface area contributed by atoms with Crippen molar-refractivity contribution in [1.82, 2.24) is 9.88 Å². The average Bonchev–Trinajstić information content (AvgIpc) is 2.88. The van der Waals surface area contributed by atoms with Crippen LogP contribution < -0.4 is 5.73 Å². The summed E-state index contributed by atoms with van der Waals surface area (Å²) in [4.78, 5) is 7.35. The van der Waals surface area contributed by atoms with Crippen LogP contribution in [0.15, 0.2) is 18.3 Å². The molecule has 1 unspecified atom stereocenters. The smallest absolute Gasteiger partial charge is 0.180 e. The molecule has 1 aliphatic rings. The van der Waals surface area contributed by atoms with Gasteiger partial charge in [-0.1, -0.05) is 23.2 Å².